The summed E-state index contributed by atoms with van der Waals surface area (Å²) in [6.07, 6.45) is -8.84. The molecular weight excluding hydrogens is 642 g/mol. The van der Waals surface area contributed by atoms with Crippen molar-refractivity contribution < 1.29 is 45.4 Å². The predicted molar refractivity (Wildman–Crippen MR) is 157 cm³/mol. The largest absolute Gasteiger partial charge is 0.573 e. The molecule has 0 unspecified atom stereocenters. The number of carbonyl (C=O) groups is 2. The van der Waals surface area contributed by atoms with Crippen LogP contribution < -0.4 is 19.7 Å². The number of carbonyl (C=O) groups excluding carboxylic acids is 2. The van der Waals surface area contributed by atoms with Gasteiger partial charge in [-0.25, -0.2) is 9.48 Å². The summed E-state index contributed by atoms with van der Waals surface area (Å²) < 4.78 is 85.7. The van der Waals surface area contributed by atoms with Crippen molar-refractivity contribution in [3.8, 4) is 28.4 Å². The molecule has 0 atom stereocenters. The van der Waals surface area contributed by atoms with Crippen LogP contribution in [0.4, 0.5) is 42.5 Å². The van der Waals surface area contributed by atoms with Crippen LogP contribution in [0.1, 0.15) is 12.0 Å². The van der Waals surface area contributed by atoms with Crippen LogP contribution in [0.3, 0.4) is 0 Å². The Kier molecular flexibility index (Phi) is 9.22. The minimum Gasteiger partial charge on any atom is -0.491 e. The van der Waals surface area contributed by atoms with Crippen molar-refractivity contribution in [1.29, 1.82) is 0 Å². The maximum atomic E-state index is 12.8. The molecule has 1 aliphatic heterocycles. The van der Waals surface area contributed by atoms with Crippen molar-refractivity contribution in [1.82, 2.24) is 15.0 Å². The first kappa shape index (κ1) is 32.3. The third-order valence-corrected chi connectivity index (χ3v) is 7.14. The minimum absolute atomic E-state index is 0.0278. The Morgan fingerprint density at radius 1 is 1.02 bits per heavy atom. The van der Waals surface area contributed by atoms with E-state index in [0.717, 1.165) is 28.8 Å². The molecule has 0 bridgehead atoms. The monoisotopic (exact) mass is 664 g/mol. The summed E-state index contributed by atoms with van der Waals surface area (Å²) in [5.41, 5.74) is 2.74. The van der Waals surface area contributed by atoms with Gasteiger partial charge in [0.05, 0.1) is 36.4 Å². The van der Waals surface area contributed by atoms with E-state index in [1.807, 2.05) is 0 Å². The SMILES string of the molecule is Cc1ccc(OCCC(F)(F)F)c(N2C(=O)CS/C2=N\C(=O)Nc2ccc(-c3cn(-c4ccc(OC(F)(F)F)cc4)nn3)cc2)c1. The van der Waals surface area contributed by atoms with E-state index in [1.165, 1.54) is 22.9 Å². The Balaban J connectivity index is 1.26. The number of nitrogens with one attached hydrogen (secondary N) is 1. The van der Waals surface area contributed by atoms with E-state index in [-0.39, 0.29) is 28.1 Å². The molecule has 1 N–H and O–H groups in total. The number of aryl methyl sites for hydroxylation is 1. The lowest BCUT2D eigenvalue weighted by Crippen LogP contribution is -2.31. The fourth-order valence-corrected chi connectivity index (χ4v) is 5.03. The molecule has 0 spiro atoms. The molecule has 1 aromatic heterocycles. The first-order chi connectivity index (χ1) is 21.7. The zero-order chi connectivity index (χ0) is 33.1. The quantitative estimate of drug-likeness (QED) is 0.199. The number of rotatable bonds is 8. The maximum absolute atomic E-state index is 12.8. The van der Waals surface area contributed by atoms with Gasteiger partial charge in [-0.15, -0.1) is 18.3 Å². The Labute approximate surface area is 261 Å². The van der Waals surface area contributed by atoms with E-state index in [4.69, 9.17) is 4.74 Å². The topological polar surface area (TPSA) is 111 Å². The van der Waals surface area contributed by atoms with Gasteiger partial charge in [0, 0.05) is 11.3 Å². The Morgan fingerprint density at radius 2 is 1.74 bits per heavy atom. The van der Waals surface area contributed by atoms with Crippen molar-refractivity contribution >= 4 is 40.2 Å². The highest BCUT2D eigenvalue weighted by Crippen LogP contribution is 2.36. The zero-order valence-electron chi connectivity index (χ0n) is 23.6. The first-order valence-electron chi connectivity index (χ1n) is 13.3. The van der Waals surface area contributed by atoms with E-state index < -0.39 is 37.5 Å². The molecule has 0 aliphatic carbocycles. The third kappa shape index (κ3) is 8.35. The molecule has 240 valence electrons. The fraction of sp³-hybridized carbons (Fsp3) is 0.207. The summed E-state index contributed by atoms with van der Waals surface area (Å²) in [7, 11) is 0. The normalized spacial score (nSPS) is 14.5. The highest BCUT2D eigenvalue weighted by Gasteiger charge is 2.34. The second kappa shape index (κ2) is 13.1. The second-order valence-corrected chi connectivity index (χ2v) is 10.6. The van der Waals surface area contributed by atoms with E-state index in [1.54, 1.807) is 49.5 Å². The molecule has 10 nitrogen and oxygen atoms in total. The van der Waals surface area contributed by atoms with Crippen molar-refractivity contribution in [2.45, 2.75) is 25.9 Å². The molecule has 1 fully saturated rings. The van der Waals surface area contributed by atoms with Gasteiger partial charge < -0.3 is 14.8 Å². The summed E-state index contributed by atoms with van der Waals surface area (Å²) in [4.78, 5) is 30.7. The number of hydrogen-bond acceptors (Lipinski definition) is 7. The molecule has 3 amide bonds. The molecule has 1 saturated heterocycles. The smallest absolute Gasteiger partial charge is 0.491 e. The van der Waals surface area contributed by atoms with E-state index in [2.05, 4.69) is 25.4 Å². The lowest BCUT2D eigenvalue weighted by Gasteiger charge is -2.20. The molecule has 1 aliphatic rings. The number of amides is 3. The number of amidine groups is 1. The number of alkyl halides is 6. The number of halogens is 6. The molecule has 0 saturated carbocycles. The summed E-state index contributed by atoms with van der Waals surface area (Å²) in [5.74, 6) is -0.799. The van der Waals surface area contributed by atoms with Crippen molar-refractivity contribution in [3.05, 3.63) is 78.5 Å². The Hall–Kier alpha value is -5.06. The van der Waals surface area contributed by atoms with Crippen LogP contribution >= 0.6 is 11.8 Å². The molecule has 17 heteroatoms. The van der Waals surface area contributed by atoms with Crippen LogP contribution in [0.2, 0.25) is 0 Å². The highest BCUT2D eigenvalue weighted by molar-refractivity contribution is 8.15. The third-order valence-electron chi connectivity index (χ3n) is 6.22. The van der Waals surface area contributed by atoms with Crippen LogP contribution in [0.15, 0.2) is 77.9 Å². The lowest BCUT2D eigenvalue weighted by molar-refractivity contribution is -0.274. The standard InChI is InChI=1S/C29H22F6N6O4S/c1-17-2-11-24(44-13-12-28(30,31)32)23(14-17)41-25(42)16-46-27(41)37-26(43)36-19-5-3-18(4-6-19)22-15-40(39-38-22)20-7-9-21(10-8-20)45-29(33,34)35/h2-11,14-15H,12-13,16H2,1H3,(H,36,43)/b37-27-. The van der Waals surface area contributed by atoms with Crippen LogP contribution in [0.25, 0.3) is 16.9 Å². The summed E-state index contributed by atoms with van der Waals surface area (Å²) in [6, 6.07) is 15.4. The van der Waals surface area contributed by atoms with Crippen LogP contribution in [-0.2, 0) is 4.79 Å². The van der Waals surface area contributed by atoms with Crippen molar-refractivity contribution in [3.63, 3.8) is 0 Å². The highest BCUT2D eigenvalue weighted by atomic mass is 32.2. The first-order valence-corrected chi connectivity index (χ1v) is 14.3. The fourth-order valence-electron chi connectivity index (χ4n) is 4.17. The number of hydrogen-bond donors (Lipinski definition) is 1. The summed E-state index contributed by atoms with van der Waals surface area (Å²) in [6.45, 7) is 1.08. The van der Waals surface area contributed by atoms with Crippen LogP contribution in [-0.4, -0.2) is 57.0 Å². The van der Waals surface area contributed by atoms with Crippen LogP contribution in [0, 0.1) is 6.92 Å². The molecule has 0 radical (unpaired) electrons. The number of benzene rings is 3. The van der Waals surface area contributed by atoms with Crippen molar-refractivity contribution in [2.24, 2.45) is 4.99 Å². The number of thioether (sulfide) groups is 1. The van der Waals surface area contributed by atoms with Gasteiger partial charge in [-0.3, -0.25) is 9.69 Å². The zero-order valence-corrected chi connectivity index (χ0v) is 24.4. The average Bonchev–Trinajstić information content (AvgIpc) is 3.60. The average molecular weight is 665 g/mol. The number of nitrogens with zero attached hydrogens (tertiary/aromatic N) is 5. The lowest BCUT2D eigenvalue weighted by atomic mass is 10.1. The number of anilines is 2. The van der Waals surface area contributed by atoms with Gasteiger partial charge in [0.2, 0.25) is 5.91 Å². The summed E-state index contributed by atoms with van der Waals surface area (Å²) >= 11 is 0.994. The predicted octanol–water partition coefficient (Wildman–Crippen LogP) is 7.14. The Bertz CT molecular complexity index is 1760. The molecular formula is C29H22F6N6O4S. The van der Waals surface area contributed by atoms with Gasteiger partial charge in [-0.2, -0.15) is 18.2 Å². The molecule has 3 aromatic carbocycles. The molecule has 46 heavy (non-hydrogen) atoms. The van der Waals surface area contributed by atoms with Gasteiger partial charge >= 0.3 is 18.6 Å². The van der Waals surface area contributed by atoms with E-state index >= 15 is 0 Å². The van der Waals surface area contributed by atoms with Gasteiger partial charge in [0.25, 0.3) is 0 Å². The van der Waals surface area contributed by atoms with Gasteiger partial charge in [-0.1, -0.05) is 35.2 Å². The minimum atomic E-state index is -4.80. The Morgan fingerprint density at radius 3 is 2.41 bits per heavy atom. The van der Waals surface area contributed by atoms with E-state index in [0.29, 0.717) is 28.2 Å². The van der Waals surface area contributed by atoms with Crippen LogP contribution in [0.5, 0.6) is 11.5 Å². The number of aliphatic imine (C=N–C) groups is 1. The van der Waals surface area contributed by atoms with Gasteiger partial charge in [-0.05, 0) is 61.0 Å². The summed E-state index contributed by atoms with van der Waals surface area (Å²) in [5, 5.41) is 10.7. The molecule has 5 rings (SSSR count). The molecule has 4 aromatic rings. The van der Waals surface area contributed by atoms with Gasteiger partial charge in [0.1, 0.15) is 17.2 Å². The number of ether oxygens (including phenoxy) is 2. The second-order valence-electron chi connectivity index (χ2n) is 9.69. The molecule has 2 heterocycles. The number of aromatic nitrogens is 3. The number of urea groups is 1. The van der Waals surface area contributed by atoms with Gasteiger partial charge in [0.15, 0.2) is 5.17 Å². The van der Waals surface area contributed by atoms with Crippen molar-refractivity contribution in [2.75, 3.05) is 22.6 Å². The maximum Gasteiger partial charge on any atom is 0.573 e. The van der Waals surface area contributed by atoms with E-state index in [9.17, 15) is 35.9 Å².